The molecule has 30 heavy (non-hydrogen) atoms. The van der Waals surface area contributed by atoms with Crippen molar-refractivity contribution in [2.24, 2.45) is 0 Å². The zero-order chi connectivity index (χ0) is 21.7. The summed E-state index contributed by atoms with van der Waals surface area (Å²) in [6.45, 7) is 6.26. The zero-order valence-corrected chi connectivity index (χ0v) is 17.8. The monoisotopic (exact) mass is 408 g/mol. The van der Waals surface area contributed by atoms with Crippen molar-refractivity contribution in [3.8, 4) is 11.5 Å². The smallest absolute Gasteiger partial charge is 0.244 e. The molecule has 0 spiro atoms. The molecule has 3 rings (SSSR count). The van der Waals surface area contributed by atoms with Crippen LogP contribution in [0, 0.1) is 13.8 Å². The van der Waals surface area contributed by atoms with Gasteiger partial charge in [-0.1, -0.05) is 29.8 Å². The van der Waals surface area contributed by atoms with Crippen molar-refractivity contribution in [1.82, 2.24) is 10.6 Å². The Balaban J connectivity index is 1.58. The molecule has 2 amide bonds. The number of hydrogen-bond donors (Lipinski definition) is 2. The molecule has 1 aliphatic rings. The Kier molecular flexibility index (Phi) is 6.77. The third-order valence-electron chi connectivity index (χ3n) is 5.09. The Bertz CT molecular complexity index is 950. The summed E-state index contributed by atoms with van der Waals surface area (Å²) in [5.41, 5.74) is 4.05. The van der Waals surface area contributed by atoms with Crippen molar-refractivity contribution in [3.05, 3.63) is 64.7 Å². The Labute approximate surface area is 177 Å². The number of fused-ring (bicyclic) bond motifs is 1. The Morgan fingerprint density at radius 3 is 2.63 bits per heavy atom. The van der Waals surface area contributed by atoms with Crippen LogP contribution < -0.4 is 20.1 Å². The molecule has 158 valence electrons. The van der Waals surface area contributed by atoms with Crippen molar-refractivity contribution in [1.29, 1.82) is 0 Å². The highest BCUT2D eigenvalue weighted by molar-refractivity contribution is 5.95. The van der Waals surface area contributed by atoms with Crippen LogP contribution in [0.15, 0.2) is 42.5 Å². The van der Waals surface area contributed by atoms with E-state index in [-0.39, 0.29) is 17.9 Å². The number of carbonyl (C=O) groups excluding carboxylic acids is 2. The number of hydrogen-bond acceptors (Lipinski definition) is 4. The first-order valence-electron chi connectivity index (χ1n) is 10.0. The topological polar surface area (TPSA) is 76.7 Å². The van der Waals surface area contributed by atoms with Gasteiger partial charge in [-0.25, -0.2) is 0 Å². The lowest BCUT2D eigenvalue weighted by molar-refractivity contribution is -0.127. The van der Waals surface area contributed by atoms with Crippen molar-refractivity contribution in [2.45, 2.75) is 39.3 Å². The summed E-state index contributed by atoms with van der Waals surface area (Å²) in [6.07, 6.45) is 3.81. The number of carbonyl (C=O) groups is 2. The van der Waals surface area contributed by atoms with Gasteiger partial charge in [0.1, 0.15) is 17.5 Å². The summed E-state index contributed by atoms with van der Waals surface area (Å²) >= 11 is 0. The largest absolute Gasteiger partial charge is 0.497 e. The molecule has 2 atom stereocenters. The third-order valence-corrected chi connectivity index (χ3v) is 5.09. The van der Waals surface area contributed by atoms with Crippen LogP contribution in [0.3, 0.4) is 0 Å². The molecule has 2 aromatic rings. The van der Waals surface area contributed by atoms with Crippen LogP contribution in [0.1, 0.15) is 41.6 Å². The minimum absolute atomic E-state index is 0.131. The highest BCUT2D eigenvalue weighted by Gasteiger charge is 2.26. The highest BCUT2D eigenvalue weighted by Crippen LogP contribution is 2.35. The van der Waals surface area contributed by atoms with E-state index in [1.165, 1.54) is 6.08 Å². The van der Waals surface area contributed by atoms with Gasteiger partial charge in [-0.2, -0.15) is 0 Å². The third kappa shape index (κ3) is 5.20. The van der Waals surface area contributed by atoms with E-state index in [4.69, 9.17) is 9.47 Å². The molecule has 0 radical (unpaired) electrons. The fourth-order valence-corrected chi connectivity index (χ4v) is 3.54. The SMILES string of the molecule is COc1ccc(/C=C/C(=O)NC(C)C(=O)NC2CCOc3c(C)cc(C)cc32)cc1. The van der Waals surface area contributed by atoms with Crippen LogP contribution in [0.2, 0.25) is 0 Å². The van der Waals surface area contributed by atoms with Gasteiger partial charge < -0.3 is 20.1 Å². The van der Waals surface area contributed by atoms with Crippen LogP contribution >= 0.6 is 0 Å². The first-order chi connectivity index (χ1) is 14.4. The number of methoxy groups -OCH3 is 1. The molecule has 2 aromatic carbocycles. The van der Waals surface area contributed by atoms with E-state index in [0.717, 1.165) is 33.8 Å². The summed E-state index contributed by atoms with van der Waals surface area (Å²) in [7, 11) is 1.60. The lowest BCUT2D eigenvalue weighted by Gasteiger charge is -2.29. The lowest BCUT2D eigenvalue weighted by atomic mass is 9.95. The predicted octanol–water partition coefficient (Wildman–Crippen LogP) is 3.47. The van der Waals surface area contributed by atoms with Crippen molar-refractivity contribution >= 4 is 17.9 Å². The van der Waals surface area contributed by atoms with Gasteiger partial charge in [-0.3, -0.25) is 9.59 Å². The fourth-order valence-electron chi connectivity index (χ4n) is 3.54. The molecular formula is C24H28N2O4. The average Bonchev–Trinajstić information content (AvgIpc) is 2.73. The lowest BCUT2D eigenvalue weighted by Crippen LogP contribution is -2.46. The van der Waals surface area contributed by atoms with E-state index in [1.54, 1.807) is 20.1 Å². The highest BCUT2D eigenvalue weighted by atomic mass is 16.5. The molecule has 0 bridgehead atoms. The van der Waals surface area contributed by atoms with Crippen molar-refractivity contribution in [3.63, 3.8) is 0 Å². The normalized spacial score (nSPS) is 16.3. The second kappa shape index (κ2) is 9.48. The molecule has 1 heterocycles. The Hall–Kier alpha value is -3.28. The Morgan fingerprint density at radius 1 is 1.20 bits per heavy atom. The van der Waals surface area contributed by atoms with Gasteiger partial charge in [0.2, 0.25) is 11.8 Å². The summed E-state index contributed by atoms with van der Waals surface area (Å²) in [5, 5.41) is 5.76. The fraction of sp³-hybridized carbons (Fsp3) is 0.333. The second-order valence-corrected chi connectivity index (χ2v) is 7.54. The molecule has 2 N–H and O–H groups in total. The second-order valence-electron chi connectivity index (χ2n) is 7.54. The van der Waals surface area contributed by atoms with E-state index < -0.39 is 6.04 Å². The predicted molar refractivity (Wildman–Crippen MR) is 117 cm³/mol. The number of rotatable bonds is 6. The van der Waals surface area contributed by atoms with Gasteiger partial charge in [0.05, 0.1) is 19.8 Å². The van der Waals surface area contributed by atoms with Crippen LogP contribution in [-0.4, -0.2) is 31.6 Å². The molecule has 0 aromatic heterocycles. The molecule has 0 fully saturated rings. The first kappa shape index (κ1) is 21.4. The van der Waals surface area contributed by atoms with Gasteiger partial charge >= 0.3 is 0 Å². The van der Waals surface area contributed by atoms with Gasteiger partial charge in [-0.15, -0.1) is 0 Å². The van der Waals surface area contributed by atoms with E-state index in [2.05, 4.69) is 16.7 Å². The van der Waals surface area contributed by atoms with Crippen molar-refractivity contribution in [2.75, 3.05) is 13.7 Å². The van der Waals surface area contributed by atoms with Gasteiger partial charge in [0.15, 0.2) is 0 Å². The maximum Gasteiger partial charge on any atom is 0.244 e. The van der Waals surface area contributed by atoms with Gasteiger partial charge in [-0.05, 0) is 50.1 Å². The van der Waals surface area contributed by atoms with Gasteiger partial charge in [0, 0.05) is 18.1 Å². The number of aryl methyl sites for hydroxylation is 2. The van der Waals surface area contributed by atoms with Crippen LogP contribution in [0.4, 0.5) is 0 Å². The van der Waals surface area contributed by atoms with Crippen LogP contribution in [-0.2, 0) is 9.59 Å². The molecule has 0 saturated carbocycles. The quantitative estimate of drug-likeness (QED) is 0.718. The maximum absolute atomic E-state index is 12.7. The molecule has 6 heteroatoms. The molecule has 0 aliphatic carbocycles. The van der Waals surface area contributed by atoms with E-state index in [1.807, 2.05) is 44.2 Å². The molecule has 2 unspecified atom stereocenters. The zero-order valence-electron chi connectivity index (χ0n) is 17.8. The van der Waals surface area contributed by atoms with E-state index >= 15 is 0 Å². The van der Waals surface area contributed by atoms with Gasteiger partial charge in [0.25, 0.3) is 0 Å². The van der Waals surface area contributed by atoms with Crippen LogP contribution in [0.5, 0.6) is 11.5 Å². The minimum Gasteiger partial charge on any atom is -0.497 e. The average molecular weight is 408 g/mol. The summed E-state index contributed by atoms with van der Waals surface area (Å²) in [4.78, 5) is 24.9. The summed E-state index contributed by atoms with van der Waals surface area (Å²) < 4.78 is 10.9. The van der Waals surface area contributed by atoms with E-state index in [0.29, 0.717) is 13.0 Å². The molecule has 1 aliphatic heterocycles. The number of nitrogens with one attached hydrogen (secondary N) is 2. The Morgan fingerprint density at radius 2 is 1.93 bits per heavy atom. The van der Waals surface area contributed by atoms with E-state index in [9.17, 15) is 9.59 Å². The van der Waals surface area contributed by atoms with Crippen molar-refractivity contribution < 1.29 is 19.1 Å². The standard InChI is InChI=1S/C24H28N2O4/c1-15-13-16(2)23-20(14-15)21(11-12-30-23)26-24(28)17(3)25-22(27)10-7-18-5-8-19(29-4)9-6-18/h5-10,13-14,17,21H,11-12H2,1-4H3,(H,25,27)(H,26,28)/b10-7+. The number of ether oxygens (including phenoxy) is 2. The molecule has 0 saturated heterocycles. The molecular weight excluding hydrogens is 380 g/mol. The minimum atomic E-state index is -0.657. The number of benzene rings is 2. The molecule has 6 nitrogen and oxygen atoms in total. The first-order valence-corrected chi connectivity index (χ1v) is 10.0. The maximum atomic E-state index is 12.7. The summed E-state index contributed by atoms with van der Waals surface area (Å²) in [6, 6.07) is 10.7. The number of amides is 2. The summed E-state index contributed by atoms with van der Waals surface area (Å²) in [5.74, 6) is 1.05. The van der Waals surface area contributed by atoms with Crippen LogP contribution in [0.25, 0.3) is 6.08 Å².